The van der Waals surface area contributed by atoms with Crippen LogP contribution in [0.25, 0.3) is 0 Å². The van der Waals surface area contributed by atoms with Gasteiger partial charge in [-0.1, -0.05) is 26.8 Å². The zero-order chi connectivity index (χ0) is 12.5. The molecule has 0 saturated heterocycles. The van der Waals surface area contributed by atoms with E-state index in [1.165, 1.54) is 24.2 Å². The number of aryl methyl sites for hydroxylation is 2. The number of benzene rings is 1. The molecule has 0 amide bonds. The number of thioether (sulfide) groups is 1. The highest BCUT2D eigenvalue weighted by Gasteiger charge is 2.20. The van der Waals surface area contributed by atoms with E-state index in [0.29, 0.717) is 0 Å². The Kier molecular flexibility index (Phi) is 3.84. The average Bonchev–Trinajstić information content (AvgIpc) is 2.71. The van der Waals surface area contributed by atoms with Crippen LogP contribution in [0.3, 0.4) is 0 Å². The zero-order valence-corrected chi connectivity index (χ0v) is 11.9. The van der Waals surface area contributed by atoms with Gasteiger partial charge in [-0.3, -0.25) is 0 Å². The summed E-state index contributed by atoms with van der Waals surface area (Å²) in [6.07, 6.45) is 3.85. The SMILES string of the molecule is CC(C)(C)C(N)CSc1ccc2c(c1)CCC2. The molecule has 0 heterocycles. The molecule has 17 heavy (non-hydrogen) atoms. The van der Waals surface area contributed by atoms with Gasteiger partial charge in [-0.05, 0) is 47.9 Å². The fourth-order valence-electron chi connectivity index (χ4n) is 2.07. The van der Waals surface area contributed by atoms with E-state index < -0.39 is 0 Å². The maximum absolute atomic E-state index is 6.19. The Morgan fingerprint density at radius 2 is 1.94 bits per heavy atom. The molecule has 1 atom stereocenters. The normalized spacial score (nSPS) is 16.9. The van der Waals surface area contributed by atoms with Crippen LogP contribution in [0.4, 0.5) is 0 Å². The molecule has 0 radical (unpaired) electrons. The van der Waals surface area contributed by atoms with Gasteiger partial charge in [0, 0.05) is 16.7 Å². The first-order valence-electron chi connectivity index (χ1n) is 6.47. The lowest BCUT2D eigenvalue weighted by atomic mass is 9.89. The molecule has 0 aliphatic heterocycles. The van der Waals surface area contributed by atoms with Crippen molar-refractivity contribution in [1.29, 1.82) is 0 Å². The average molecular weight is 249 g/mol. The second-order valence-corrected chi connectivity index (χ2v) is 7.16. The summed E-state index contributed by atoms with van der Waals surface area (Å²) in [4.78, 5) is 1.38. The highest BCUT2D eigenvalue weighted by atomic mass is 32.2. The van der Waals surface area contributed by atoms with Crippen molar-refractivity contribution >= 4 is 11.8 Å². The molecule has 94 valence electrons. The minimum atomic E-state index is 0.198. The summed E-state index contributed by atoms with van der Waals surface area (Å²) in [5.41, 5.74) is 9.49. The zero-order valence-electron chi connectivity index (χ0n) is 11.1. The molecular weight excluding hydrogens is 226 g/mol. The van der Waals surface area contributed by atoms with Gasteiger partial charge in [-0.15, -0.1) is 11.8 Å². The fraction of sp³-hybridized carbons (Fsp3) is 0.600. The van der Waals surface area contributed by atoms with Gasteiger partial charge < -0.3 is 5.73 Å². The number of fused-ring (bicyclic) bond motifs is 1. The lowest BCUT2D eigenvalue weighted by Crippen LogP contribution is -2.37. The molecule has 1 aromatic rings. The lowest BCUT2D eigenvalue weighted by Gasteiger charge is -2.26. The van der Waals surface area contributed by atoms with Gasteiger partial charge in [-0.2, -0.15) is 0 Å². The second kappa shape index (κ2) is 5.03. The molecular formula is C15H23NS. The molecule has 0 saturated carbocycles. The second-order valence-electron chi connectivity index (χ2n) is 6.07. The molecule has 0 aromatic heterocycles. The third-order valence-electron chi connectivity index (χ3n) is 3.61. The van der Waals surface area contributed by atoms with Crippen LogP contribution in [0.2, 0.25) is 0 Å². The van der Waals surface area contributed by atoms with Crippen LogP contribution in [0.5, 0.6) is 0 Å². The Morgan fingerprint density at radius 3 is 2.65 bits per heavy atom. The van der Waals surface area contributed by atoms with Crippen molar-refractivity contribution in [2.45, 2.75) is 51.0 Å². The van der Waals surface area contributed by atoms with Crippen molar-refractivity contribution in [3.8, 4) is 0 Å². The first kappa shape index (κ1) is 13.0. The third kappa shape index (κ3) is 3.26. The van der Waals surface area contributed by atoms with Gasteiger partial charge >= 0.3 is 0 Å². The summed E-state index contributed by atoms with van der Waals surface area (Å²) < 4.78 is 0. The van der Waals surface area contributed by atoms with Crippen molar-refractivity contribution in [3.63, 3.8) is 0 Å². The van der Waals surface area contributed by atoms with Gasteiger partial charge in [0.05, 0.1) is 0 Å². The molecule has 0 spiro atoms. The van der Waals surface area contributed by atoms with Crippen LogP contribution in [0.15, 0.2) is 23.1 Å². The highest BCUT2D eigenvalue weighted by Crippen LogP contribution is 2.29. The largest absolute Gasteiger partial charge is 0.326 e. The maximum Gasteiger partial charge on any atom is 0.0183 e. The lowest BCUT2D eigenvalue weighted by molar-refractivity contribution is 0.344. The van der Waals surface area contributed by atoms with Crippen molar-refractivity contribution in [3.05, 3.63) is 29.3 Å². The van der Waals surface area contributed by atoms with E-state index in [9.17, 15) is 0 Å². The van der Waals surface area contributed by atoms with E-state index in [1.807, 2.05) is 11.8 Å². The summed E-state index contributed by atoms with van der Waals surface area (Å²) in [6.45, 7) is 6.63. The Balaban J connectivity index is 1.96. The standard InChI is InChI=1S/C15H23NS/c1-15(2,3)14(16)10-17-13-8-7-11-5-4-6-12(11)9-13/h7-9,14H,4-6,10,16H2,1-3H3. The van der Waals surface area contributed by atoms with Gasteiger partial charge in [0.2, 0.25) is 0 Å². The summed E-state index contributed by atoms with van der Waals surface area (Å²) in [5, 5.41) is 0. The molecule has 2 N–H and O–H groups in total. The molecule has 0 bridgehead atoms. The van der Waals surface area contributed by atoms with Crippen molar-refractivity contribution in [2.24, 2.45) is 11.1 Å². The van der Waals surface area contributed by atoms with Gasteiger partial charge in [0.25, 0.3) is 0 Å². The first-order valence-corrected chi connectivity index (χ1v) is 7.45. The van der Waals surface area contributed by atoms with E-state index >= 15 is 0 Å². The van der Waals surface area contributed by atoms with Gasteiger partial charge in [-0.25, -0.2) is 0 Å². The van der Waals surface area contributed by atoms with Crippen LogP contribution < -0.4 is 5.73 Å². The number of hydrogen-bond acceptors (Lipinski definition) is 2. The molecule has 1 aliphatic carbocycles. The number of nitrogens with two attached hydrogens (primary N) is 1. The summed E-state index contributed by atoms with van der Waals surface area (Å²) in [7, 11) is 0. The Bertz CT molecular complexity index is 392. The Hall–Kier alpha value is -0.470. The van der Waals surface area contributed by atoms with E-state index in [1.54, 1.807) is 11.1 Å². The minimum absolute atomic E-state index is 0.198. The molecule has 1 aromatic carbocycles. The van der Waals surface area contributed by atoms with Crippen molar-refractivity contribution in [1.82, 2.24) is 0 Å². The maximum atomic E-state index is 6.19. The molecule has 1 nitrogen and oxygen atoms in total. The number of rotatable bonds is 3. The van der Waals surface area contributed by atoms with Crippen molar-refractivity contribution < 1.29 is 0 Å². The van der Waals surface area contributed by atoms with E-state index in [2.05, 4.69) is 39.0 Å². The van der Waals surface area contributed by atoms with Crippen LogP contribution in [-0.4, -0.2) is 11.8 Å². The number of hydrogen-bond donors (Lipinski definition) is 1. The summed E-state index contributed by atoms with van der Waals surface area (Å²) >= 11 is 1.90. The predicted octanol–water partition coefficient (Wildman–Crippen LogP) is 3.64. The monoisotopic (exact) mass is 249 g/mol. The predicted molar refractivity (Wildman–Crippen MR) is 76.6 cm³/mol. The minimum Gasteiger partial charge on any atom is -0.326 e. The summed E-state index contributed by atoms with van der Waals surface area (Å²) in [6, 6.07) is 7.17. The third-order valence-corrected chi connectivity index (χ3v) is 4.72. The fourth-order valence-corrected chi connectivity index (χ4v) is 3.34. The summed E-state index contributed by atoms with van der Waals surface area (Å²) in [5.74, 6) is 1.00. The van der Waals surface area contributed by atoms with Crippen LogP contribution in [-0.2, 0) is 12.8 Å². The first-order chi connectivity index (χ1) is 7.97. The van der Waals surface area contributed by atoms with Gasteiger partial charge in [0.1, 0.15) is 0 Å². The molecule has 1 unspecified atom stereocenters. The van der Waals surface area contributed by atoms with Crippen LogP contribution in [0.1, 0.15) is 38.3 Å². The quantitative estimate of drug-likeness (QED) is 0.828. The molecule has 2 rings (SSSR count). The smallest absolute Gasteiger partial charge is 0.0183 e. The van der Waals surface area contributed by atoms with E-state index in [4.69, 9.17) is 5.73 Å². The van der Waals surface area contributed by atoms with E-state index in [-0.39, 0.29) is 11.5 Å². The van der Waals surface area contributed by atoms with Gasteiger partial charge in [0.15, 0.2) is 0 Å². The highest BCUT2D eigenvalue weighted by molar-refractivity contribution is 7.99. The van der Waals surface area contributed by atoms with Crippen molar-refractivity contribution in [2.75, 3.05) is 5.75 Å². The Morgan fingerprint density at radius 1 is 1.24 bits per heavy atom. The molecule has 2 heteroatoms. The molecule has 1 aliphatic rings. The topological polar surface area (TPSA) is 26.0 Å². The van der Waals surface area contributed by atoms with Crippen LogP contribution >= 0.6 is 11.8 Å². The Labute approximate surface area is 109 Å². The van der Waals surface area contributed by atoms with Crippen LogP contribution in [0, 0.1) is 5.41 Å². The van der Waals surface area contributed by atoms with E-state index in [0.717, 1.165) is 5.75 Å². The molecule has 0 fully saturated rings.